The third kappa shape index (κ3) is 2.71. The van der Waals surface area contributed by atoms with Crippen molar-refractivity contribution >= 4 is 22.6 Å². The van der Waals surface area contributed by atoms with Gasteiger partial charge in [-0.05, 0) is 19.3 Å². The lowest BCUT2D eigenvalue weighted by atomic mass is 10.1. The van der Waals surface area contributed by atoms with Gasteiger partial charge in [0.05, 0.1) is 12.1 Å². The average molecular weight is 277 g/mol. The molecule has 0 aliphatic carbocycles. The van der Waals surface area contributed by atoms with Crippen molar-refractivity contribution in [2.24, 2.45) is 13.0 Å². The van der Waals surface area contributed by atoms with Gasteiger partial charge in [-0.25, -0.2) is 0 Å². The number of likely N-dealkylation sites (tertiary alicyclic amines) is 1. The summed E-state index contributed by atoms with van der Waals surface area (Å²) in [6, 6.07) is 0. The Bertz CT molecular complexity index is 503. The molecule has 1 aromatic heterocycles. The van der Waals surface area contributed by atoms with Crippen molar-refractivity contribution in [2.75, 3.05) is 18.8 Å². The lowest BCUT2D eigenvalue weighted by Crippen LogP contribution is -2.39. The Hall–Kier alpha value is -1.23. The normalized spacial score (nSPS) is 23.5. The summed E-state index contributed by atoms with van der Waals surface area (Å²) in [6.07, 6.45) is 9.58. The number of carbonyl (C=O) groups excluding carboxylic acids is 1. The molecule has 2 aliphatic rings. The molecule has 0 aromatic carbocycles. The quantitative estimate of drug-likeness (QED) is 0.831. The molecule has 4 nitrogen and oxygen atoms in total. The molecule has 0 radical (unpaired) electrons. The van der Waals surface area contributed by atoms with Crippen molar-refractivity contribution < 1.29 is 4.79 Å². The molecule has 0 spiro atoms. The number of carbonyl (C=O) groups is 1. The lowest BCUT2D eigenvalue weighted by molar-refractivity contribution is -0.134. The molecular formula is C14H19N3OS. The molecule has 19 heavy (non-hydrogen) atoms. The summed E-state index contributed by atoms with van der Waals surface area (Å²) in [5.74, 6) is 1.24. The van der Waals surface area contributed by atoms with Crippen LogP contribution in [-0.2, 0) is 11.8 Å². The van der Waals surface area contributed by atoms with Crippen LogP contribution in [0.1, 0.15) is 24.8 Å². The monoisotopic (exact) mass is 277 g/mol. The summed E-state index contributed by atoms with van der Waals surface area (Å²) in [4.78, 5) is 15.7. The highest BCUT2D eigenvalue weighted by Crippen LogP contribution is 2.37. The van der Waals surface area contributed by atoms with Gasteiger partial charge in [0.25, 0.3) is 0 Å². The molecule has 1 aromatic rings. The number of piperidine rings is 1. The zero-order valence-electron chi connectivity index (χ0n) is 11.2. The van der Waals surface area contributed by atoms with E-state index in [1.165, 1.54) is 11.3 Å². The second-order valence-electron chi connectivity index (χ2n) is 5.24. The molecule has 0 saturated carbocycles. The van der Waals surface area contributed by atoms with Crippen LogP contribution in [0.15, 0.2) is 18.5 Å². The molecule has 1 amide bonds. The molecule has 0 bridgehead atoms. The first-order chi connectivity index (χ1) is 9.24. The first-order valence-corrected chi connectivity index (χ1v) is 7.85. The summed E-state index contributed by atoms with van der Waals surface area (Å²) >= 11 is 1.77. The van der Waals surface area contributed by atoms with Gasteiger partial charge in [0.2, 0.25) is 5.91 Å². The molecule has 5 heteroatoms. The van der Waals surface area contributed by atoms with Gasteiger partial charge in [0.1, 0.15) is 0 Å². The molecule has 3 rings (SSSR count). The van der Waals surface area contributed by atoms with Gasteiger partial charge in [-0.1, -0.05) is 6.08 Å². The maximum Gasteiger partial charge on any atom is 0.230 e. The van der Waals surface area contributed by atoms with Crippen LogP contribution < -0.4 is 0 Å². The molecule has 2 aliphatic heterocycles. The van der Waals surface area contributed by atoms with Crippen molar-refractivity contribution in [3.05, 3.63) is 24.0 Å². The number of nitrogens with zero attached hydrogens (tertiary/aromatic N) is 3. The Morgan fingerprint density at radius 3 is 2.84 bits per heavy atom. The minimum atomic E-state index is 0.0540. The number of aryl methyl sites for hydroxylation is 1. The molecule has 3 heterocycles. The van der Waals surface area contributed by atoms with E-state index >= 15 is 0 Å². The smallest absolute Gasteiger partial charge is 0.230 e. The number of hydrogen-bond donors (Lipinski definition) is 0. The Balaban J connectivity index is 1.70. The molecule has 1 unspecified atom stereocenters. The van der Waals surface area contributed by atoms with Crippen LogP contribution in [0.5, 0.6) is 0 Å². The van der Waals surface area contributed by atoms with Crippen LogP contribution in [0, 0.1) is 5.92 Å². The Morgan fingerprint density at radius 1 is 1.37 bits per heavy atom. The van der Waals surface area contributed by atoms with Crippen molar-refractivity contribution in [1.29, 1.82) is 0 Å². The molecule has 1 atom stereocenters. The highest BCUT2D eigenvalue weighted by molar-refractivity contribution is 8.08. The van der Waals surface area contributed by atoms with E-state index in [1.54, 1.807) is 16.4 Å². The van der Waals surface area contributed by atoms with Crippen LogP contribution in [0.4, 0.5) is 0 Å². The van der Waals surface area contributed by atoms with E-state index in [2.05, 4.69) is 11.2 Å². The highest BCUT2D eigenvalue weighted by Gasteiger charge is 2.28. The minimum absolute atomic E-state index is 0.0540. The Labute approximate surface area is 117 Å². The second kappa shape index (κ2) is 5.41. The number of hydrogen-bond acceptors (Lipinski definition) is 3. The zero-order valence-corrected chi connectivity index (χ0v) is 12.0. The largest absolute Gasteiger partial charge is 0.342 e. The fourth-order valence-corrected chi connectivity index (χ4v) is 3.81. The van der Waals surface area contributed by atoms with E-state index in [0.717, 1.165) is 37.2 Å². The van der Waals surface area contributed by atoms with E-state index in [9.17, 15) is 4.79 Å². The van der Waals surface area contributed by atoms with Crippen LogP contribution >= 0.6 is 11.8 Å². The van der Waals surface area contributed by atoms with E-state index in [4.69, 9.17) is 0 Å². The number of thioether (sulfide) groups is 1. The van der Waals surface area contributed by atoms with E-state index in [0.29, 0.717) is 5.91 Å². The summed E-state index contributed by atoms with van der Waals surface area (Å²) in [5, 5.41) is 4.19. The van der Waals surface area contributed by atoms with Gasteiger partial charge in [-0.3, -0.25) is 9.48 Å². The van der Waals surface area contributed by atoms with Crippen molar-refractivity contribution in [3.8, 4) is 0 Å². The van der Waals surface area contributed by atoms with E-state index in [-0.39, 0.29) is 5.92 Å². The first-order valence-electron chi connectivity index (χ1n) is 6.86. The third-order valence-electron chi connectivity index (χ3n) is 3.75. The first kappa shape index (κ1) is 12.8. The van der Waals surface area contributed by atoms with E-state index in [1.807, 2.05) is 24.3 Å². The van der Waals surface area contributed by atoms with Crippen molar-refractivity contribution in [3.63, 3.8) is 0 Å². The van der Waals surface area contributed by atoms with E-state index < -0.39 is 0 Å². The van der Waals surface area contributed by atoms with Gasteiger partial charge < -0.3 is 4.90 Å². The molecule has 1 fully saturated rings. The van der Waals surface area contributed by atoms with Gasteiger partial charge in [-0.2, -0.15) is 5.10 Å². The average Bonchev–Trinajstić information content (AvgIpc) is 3.07. The molecule has 0 N–H and O–H groups in total. The summed E-state index contributed by atoms with van der Waals surface area (Å²) < 4.78 is 1.80. The number of rotatable bonds is 2. The van der Waals surface area contributed by atoms with Gasteiger partial charge in [-0.15, -0.1) is 11.8 Å². The predicted molar refractivity (Wildman–Crippen MR) is 77.6 cm³/mol. The maximum atomic E-state index is 12.4. The lowest BCUT2D eigenvalue weighted by Gasteiger charge is -2.28. The zero-order chi connectivity index (χ0) is 13.2. The van der Waals surface area contributed by atoms with Crippen LogP contribution in [0.25, 0.3) is 4.91 Å². The fourth-order valence-electron chi connectivity index (χ4n) is 2.68. The Kier molecular flexibility index (Phi) is 3.64. The molecule has 102 valence electrons. The summed E-state index contributed by atoms with van der Waals surface area (Å²) in [7, 11) is 1.92. The highest BCUT2D eigenvalue weighted by atomic mass is 32.2. The summed E-state index contributed by atoms with van der Waals surface area (Å²) in [5.41, 5.74) is 1.13. The topological polar surface area (TPSA) is 38.1 Å². The molecular weight excluding hydrogens is 258 g/mol. The molecule has 1 saturated heterocycles. The Morgan fingerprint density at radius 2 is 2.16 bits per heavy atom. The van der Waals surface area contributed by atoms with Crippen LogP contribution in [-0.4, -0.2) is 39.4 Å². The fraction of sp³-hybridized carbons (Fsp3) is 0.571. The van der Waals surface area contributed by atoms with Crippen molar-refractivity contribution in [1.82, 2.24) is 14.7 Å². The van der Waals surface area contributed by atoms with Gasteiger partial charge >= 0.3 is 0 Å². The van der Waals surface area contributed by atoms with Gasteiger partial charge in [0.15, 0.2) is 0 Å². The number of aromatic nitrogens is 2. The van der Waals surface area contributed by atoms with Gasteiger partial charge in [0, 0.05) is 42.6 Å². The second-order valence-corrected chi connectivity index (χ2v) is 6.30. The number of amides is 1. The maximum absolute atomic E-state index is 12.4. The summed E-state index contributed by atoms with van der Waals surface area (Å²) in [6.45, 7) is 1.88. The predicted octanol–water partition coefficient (Wildman–Crippen LogP) is 2.14. The SMILES string of the molecule is Cn1cc(C2=CC(C(=O)N3CCCCC3)CS2)cn1. The standard InChI is InChI=1S/C14H19N3OS/c1-16-9-12(8-15-16)13-7-11(10-19-13)14(18)17-5-3-2-4-6-17/h7-9,11H,2-6,10H2,1H3. The third-order valence-corrected chi connectivity index (χ3v) is 4.95. The minimum Gasteiger partial charge on any atom is -0.342 e. The van der Waals surface area contributed by atoms with Crippen LogP contribution in [0.2, 0.25) is 0 Å². The van der Waals surface area contributed by atoms with Crippen molar-refractivity contribution in [2.45, 2.75) is 19.3 Å². The van der Waals surface area contributed by atoms with Crippen LogP contribution in [0.3, 0.4) is 0 Å².